The van der Waals surface area contributed by atoms with Crippen LogP contribution in [0.25, 0.3) is 6.08 Å². The summed E-state index contributed by atoms with van der Waals surface area (Å²) in [4.78, 5) is 27.0. The number of rotatable bonds is 5. The van der Waals surface area contributed by atoms with E-state index in [-0.39, 0.29) is 12.5 Å². The molecule has 0 N–H and O–H groups in total. The molecule has 0 spiro atoms. The Kier molecular flexibility index (Phi) is 6.83. The molecule has 2 amide bonds. The summed E-state index contributed by atoms with van der Waals surface area (Å²) in [7, 11) is 0. The minimum Gasteiger partial charge on any atom is -0.339 e. The van der Waals surface area contributed by atoms with Crippen LogP contribution < -0.4 is 0 Å². The summed E-state index contributed by atoms with van der Waals surface area (Å²) in [5, 5.41) is 0. The van der Waals surface area contributed by atoms with E-state index in [0.29, 0.717) is 25.9 Å². The monoisotopic (exact) mass is 368 g/mol. The Morgan fingerprint density at radius 3 is 2.35 bits per heavy atom. The highest BCUT2D eigenvalue weighted by Gasteiger charge is 2.36. The zero-order valence-electron chi connectivity index (χ0n) is 14.7. The van der Waals surface area contributed by atoms with Crippen molar-refractivity contribution >= 4 is 17.9 Å². The minimum atomic E-state index is -4.40. The molecule has 1 aliphatic rings. The summed E-state index contributed by atoms with van der Waals surface area (Å²) in [6.07, 6.45) is -0.415. The van der Waals surface area contributed by atoms with Crippen LogP contribution in [0.1, 0.15) is 25.3 Å². The van der Waals surface area contributed by atoms with Crippen LogP contribution in [0.3, 0.4) is 0 Å². The molecule has 1 heterocycles. The van der Waals surface area contributed by atoms with Gasteiger partial charge in [-0.2, -0.15) is 13.2 Å². The van der Waals surface area contributed by atoms with Gasteiger partial charge in [0.2, 0.25) is 11.8 Å². The maximum Gasteiger partial charge on any atom is 0.406 e. The van der Waals surface area contributed by atoms with Gasteiger partial charge in [0.1, 0.15) is 6.54 Å². The van der Waals surface area contributed by atoms with E-state index in [1.165, 1.54) is 13.0 Å². The van der Waals surface area contributed by atoms with E-state index in [1.54, 1.807) is 11.0 Å². The van der Waals surface area contributed by atoms with Gasteiger partial charge < -0.3 is 9.80 Å². The molecule has 1 aromatic carbocycles. The molecule has 1 aromatic rings. The molecule has 0 atom stereocenters. The van der Waals surface area contributed by atoms with Crippen molar-refractivity contribution in [2.45, 2.75) is 25.9 Å². The van der Waals surface area contributed by atoms with Crippen LogP contribution in [0.5, 0.6) is 0 Å². The van der Waals surface area contributed by atoms with Crippen LogP contribution in [-0.2, 0) is 9.59 Å². The van der Waals surface area contributed by atoms with E-state index in [0.717, 1.165) is 10.5 Å². The van der Waals surface area contributed by atoms with Crippen molar-refractivity contribution in [3.05, 3.63) is 42.0 Å². The number of carbonyl (C=O) groups excluding carboxylic acids is 2. The molecule has 0 radical (unpaired) electrons. The molecule has 1 saturated heterocycles. The van der Waals surface area contributed by atoms with Gasteiger partial charge in [-0.3, -0.25) is 9.59 Å². The van der Waals surface area contributed by atoms with Crippen LogP contribution in [0.4, 0.5) is 13.2 Å². The highest BCUT2D eigenvalue weighted by Crippen LogP contribution is 2.23. The fourth-order valence-corrected chi connectivity index (χ4v) is 3.00. The maximum absolute atomic E-state index is 12.6. The molecule has 2 rings (SSSR count). The Morgan fingerprint density at radius 2 is 1.81 bits per heavy atom. The second kappa shape index (κ2) is 8.87. The van der Waals surface area contributed by atoms with Crippen molar-refractivity contribution in [1.82, 2.24) is 9.80 Å². The van der Waals surface area contributed by atoms with E-state index in [4.69, 9.17) is 0 Å². The molecule has 0 aliphatic carbocycles. The van der Waals surface area contributed by atoms with E-state index < -0.39 is 24.5 Å². The first-order chi connectivity index (χ1) is 12.3. The van der Waals surface area contributed by atoms with Crippen LogP contribution in [0, 0.1) is 5.92 Å². The van der Waals surface area contributed by atoms with Gasteiger partial charge in [-0.15, -0.1) is 0 Å². The van der Waals surface area contributed by atoms with Crippen LogP contribution in [-0.4, -0.2) is 54.0 Å². The number of nitrogens with zero attached hydrogens (tertiary/aromatic N) is 2. The highest BCUT2D eigenvalue weighted by molar-refractivity contribution is 5.92. The Labute approximate surface area is 151 Å². The van der Waals surface area contributed by atoms with Gasteiger partial charge in [-0.25, -0.2) is 0 Å². The Bertz CT molecular complexity index is 636. The lowest BCUT2D eigenvalue weighted by Crippen LogP contribution is -2.46. The first kappa shape index (κ1) is 20.0. The lowest BCUT2D eigenvalue weighted by atomic mass is 9.95. The zero-order chi connectivity index (χ0) is 19.2. The van der Waals surface area contributed by atoms with Crippen molar-refractivity contribution in [3.63, 3.8) is 0 Å². The van der Waals surface area contributed by atoms with Crippen molar-refractivity contribution in [2.24, 2.45) is 5.92 Å². The van der Waals surface area contributed by atoms with Crippen LogP contribution in [0.2, 0.25) is 0 Å². The van der Waals surface area contributed by atoms with E-state index in [9.17, 15) is 22.8 Å². The lowest BCUT2D eigenvalue weighted by molar-refractivity contribution is -0.164. The molecular weight excluding hydrogens is 345 g/mol. The maximum atomic E-state index is 12.6. The van der Waals surface area contributed by atoms with E-state index >= 15 is 0 Å². The summed E-state index contributed by atoms with van der Waals surface area (Å²) in [5.41, 5.74) is 0.914. The molecule has 4 nitrogen and oxygen atoms in total. The molecule has 0 saturated carbocycles. The van der Waals surface area contributed by atoms with Crippen molar-refractivity contribution in [1.29, 1.82) is 0 Å². The number of benzene rings is 1. The lowest BCUT2D eigenvalue weighted by Gasteiger charge is -2.33. The molecule has 7 heteroatoms. The molecule has 26 heavy (non-hydrogen) atoms. The first-order valence-electron chi connectivity index (χ1n) is 8.67. The number of hydrogen-bond acceptors (Lipinski definition) is 2. The predicted octanol–water partition coefficient (Wildman–Crippen LogP) is 3.35. The van der Waals surface area contributed by atoms with Crippen LogP contribution in [0.15, 0.2) is 36.4 Å². The summed E-state index contributed by atoms with van der Waals surface area (Å²) in [5.74, 6) is -1.08. The van der Waals surface area contributed by atoms with E-state index in [2.05, 4.69) is 0 Å². The smallest absolute Gasteiger partial charge is 0.339 e. The third kappa shape index (κ3) is 5.89. The molecular formula is C19H23F3N2O2. The summed E-state index contributed by atoms with van der Waals surface area (Å²) in [6, 6.07) is 9.41. The normalized spacial score (nSPS) is 16.1. The minimum absolute atomic E-state index is 0.0251. The topological polar surface area (TPSA) is 40.6 Å². The van der Waals surface area contributed by atoms with Gasteiger partial charge in [0.05, 0.1) is 0 Å². The van der Waals surface area contributed by atoms with Gasteiger partial charge in [0, 0.05) is 31.6 Å². The average molecular weight is 368 g/mol. The molecule has 1 aliphatic heterocycles. The van der Waals surface area contributed by atoms with E-state index in [1.807, 2.05) is 30.3 Å². The fraction of sp³-hybridized carbons (Fsp3) is 0.474. The van der Waals surface area contributed by atoms with Crippen molar-refractivity contribution in [3.8, 4) is 0 Å². The highest BCUT2D eigenvalue weighted by atomic mass is 19.4. The molecule has 0 unspecified atom stereocenters. The van der Waals surface area contributed by atoms with Gasteiger partial charge >= 0.3 is 6.18 Å². The number of alkyl halides is 3. The number of likely N-dealkylation sites (tertiary alicyclic amines) is 1. The number of halogens is 3. The fourth-order valence-electron chi connectivity index (χ4n) is 3.00. The Morgan fingerprint density at radius 1 is 1.19 bits per heavy atom. The summed E-state index contributed by atoms with van der Waals surface area (Å²) in [6.45, 7) is 1.09. The number of amides is 2. The average Bonchev–Trinajstić information content (AvgIpc) is 2.64. The van der Waals surface area contributed by atoms with Gasteiger partial charge in [0.25, 0.3) is 0 Å². The second-order valence-corrected chi connectivity index (χ2v) is 6.31. The quantitative estimate of drug-likeness (QED) is 0.748. The van der Waals surface area contributed by atoms with Gasteiger partial charge in [-0.05, 0) is 31.4 Å². The number of hydrogen-bond donors (Lipinski definition) is 0. The van der Waals surface area contributed by atoms with Gasteiger partial charge in [0.15, 0.2) is 0 Å². The zero-order valence-corrected chi connectivity index (χ0v) is 14.7. The predicted molar refractivity (Wildman–Crippen MR) is 93.1 cm³/mol. The molecule has 1 fully saturated rings. The SMILES string of the molecule is CCN(CC(F)(F)F)C(=O)C1CCN(C(=O)/C=C/c2ccccc2)CC1. The van der Waals surface area contributed by atoms with Crippen molar-refractivity contribution in [2.75, 3.05) is 26.2 Å². The standard InChI is InChI=1S/C19H23F3N2O2/c1-2-23(14-19(20,21)22)18(26)16-10-12-24(13-11-16)17(25)9-8-15-6-4-3-5-7-15/h3-9,16H,2,10-14H2,1H3/b9-8+. The Balaban J connectivity index is 1.87. The van der Waals surface area contributed by atoms with Crippen molar-refractivity contribution < 1.29 is 22.8 Å². The summed E-state index contributed by atoms with van der Waals surface area (Å²) >= 11 is 0. The second-order valence-electron chi connectivity index (χ2n) is 6.31. The number of piperidine rings is 1. The largest absolute Gasteiger partial charge is 0.406 e. The molecule has 0 bridgehead atoms. The first-order valence-corrected chi connectivity index (χ1v) is 8.67. The molecule has 0 aromatic heterocycles. The third-order valence-electron chi connectivity index (χ3n) is 4.44. The Hall–Kier alpha value is -2.31. The summed E-state index contributed by atoms with van der Waals surface area (Å²) < 4.78 is 37.7. The number of carbonyl (C=O) groups is 2. The third-order valence-corrected chi connectivity index (χ3v) is 4.44. The molecule has 142 valence electrons. The van der Waals surface area contributed by atoms with Crippen LogP contribution >= 0.6 is 0 Å². The van der Waals surface area contributed by atoms with Gasteiger partial charge in [-0.1, -0.05) is 30.3 Å².